The number of thioether (sulfide) groups is 1. The highest BCUT2D eigenvalue weighted by molar-refractivity contribution is 7.99. The smallest absolute Gasteiger partial charge is 0.0992 e. The van der Waals surface area contributed by atoms with E-state index in [-0.39, 0.29) is 0 Å². The predicted octanol–water partition coefficient (Wildman–Crippen LogP) is 2.55. The van der Waals surface area contributed by atoms with Gasteiger partial charge < -0.3 is 10.0 Å². The first-order valence-electron chi connectivity index (χ1n) is 6.27. The third-order valence-corrected chi connectivity index (χ3v) is 4.22. The second kappa shape index (κ2) is 6.12. The van der Waals surface area contributed by atoms with Crippen molar-refractivity contribution in [1.29, 1.82) is 5.26 Å². The molecule has 0 bridgehead atoms. The van der Waals surface area contributed by atoms with Crippen LogP contribution in [0.5, 0.6) is 0 Å². The Hall–Kier alpha value is -1.18. The monoisotopic (exact) mass is 262 g/mol. The normalized spacial score (nSPS) is 17.9. The number of aliphatic hydroxyl groups is 1. The second-order valence-electron chi connectivity index (χ2n) is 4.51. The molecule has 1 saturated heterocycles. The standard InChI is InChI=1S/C14H18N2OS/c1-11(17)13-4-3-12(10-15)9-14(13)16-5-2-7-18-8-6-16/h3-4,9,11,17H,2,5-8H2,1H3. The van der Waals surface area contributed by atoms with Gasteiger partial charge in [-0.2, -0.15) is 17.0 Å². The van der Waals surface area contributed by atoms with E-state index in [0.717, 1.165) is 36.5 Å². The van der Waals surface area contributed by atoms with Crippen LogP contribution in [0.3, 0.4) is 0 Å². The second-order valence-corrected chi connectivity index (χ2v) is 5.74. The Morgan fingerprint density at radius 1 is 1.39 bits per heavy atom. The highest BCUT2D eigenvalue weighted by Gasteiger charge is 2.16. The summed E-state index contributed by atoms with van der Waals surface area (Å²) in [6, 6.07) is 7.72. The number of rotatable bonds is 2. The van der Waals surface area contributed by atoms with Crippen molar-refractivity contribution in [3.05, 3.63) is 29.3 Å². The van der Waals surface area contributed by atoms with Crippen LogP contribution in [0.2, 0.25) is 0 Å². The zero-order valence-electron chi connectivity index (χ0n) is 10.6. The number of hydrogen-bond donors (Lipinski definition) is 1. The molecule has 1 aliphatic rings. The zero-order valence-corrected chi connectivity index (χ0v) is 11.4. The number of nitriles is 1. The predicted molar refractivity (Wildman–Crippen MR) is 75.9 cm³/mol. The molecule has 0 spiro atoms. The van der Waals surface area contributed by atoms with E-state index >= 15 is 0 Å². The van der Waals surface area contributed by atoms with Crippen molar-refractivity contribution >= 4 is 17.4 Å². The van der Waals surface area contributed by atoms with Crippen molar-refractivity contribution in [3.63, 3.8) is 0 Å². The Balaban J connectivity index is 2.36. The molecular formula is C14H18N2OS. The van der Waals surface area contributed by atoms with Crippen LogP contribution in [0.1, 0.15) is 30.6 Å². The molecule has 1 atom stereocenters. The first-order chi connectivity index (χ1) is 8.72. The molecule has 2 rings (SSSR count). The fourth-order valence-corrected chi connectivity index (χ4v) is 3.11. The lowest BCUT2D eigenvalue weighted by molar-refractivity contribution is 0.199. The van der Waals surface area contributed by atoms with E-state index in [0.29, 0.717) is 5.56 Å². The average molecular weight is 262 g/mol. The molecule has 1 aromatic rings. The van der Waals surface area contributed by atoms with Gasteiger partial charge >= 0.3 is 0 Å². The van der Waals surface area contributed by atoms with Crippen LogP contribution in [-0.4, -0.2) is 29.7 Å². The van der Waals surface area contributed by atoms with E-state index in [1.54, 1.807) is 13.0 Å². The Bertz CT molecular complexity index is 446. The van der Waals surface area contributed by atoms with Crippen molar-refractivity contribution in [1.82, 2.24) is 0 Å². The maximum Gasteiger partial charge on any atom is 0.0992 e. The third kappa shape index (κ3) is 2.98. The molecule has 1 heterocycles. The van der Waals surface area contributed by atoms with E-state index in [4.69, 9.17) is 5.26 Å². The lowest BCUT2D eigenvalue weighted by Gasteiger charge is -2.26. The molecule has 1 unspecified atom stereocenters. The van der Waals surface area contributed by atoms with Gasteiger partial charge in [0.05, 0.1) is 17.7 Å². The maximum atomic E-state index is 9.85. The molecule has 1 fully saturated rings. The van der Waals surface area contributed by atoms with Gasteiger partial charge in [0.15, 0.2) is 0 Å². The van der Waals surface area contributed by atoms with E-state index in [1.807, 2.05) is 23.9 Å². The fraction of sp³-hybridized carbons (Fsp3) is 0.500. The van der Waals surface area contributed by atoms with Crippen LogP contribution in [0.15, 0.2) is 18.2 Å². The largest absolute Gasteiger partial charge is 0.389 e. The van der Waals surface area contributed by atoms with Crippen LogP contribution < -0.4 is 4.90 Å². The SMILES string of the molecule is CC(O)c1ccc(C#N)cc1N1CCCSCC1. The molecule has 3 nitrogen and oxygen atoms in total. The molecule has 0 amide bonds. The topological polar surface area (TPSA) is 47.3 Å². The lowest BCUT2D eigenvalue weighted by Crippen LogP contribution is -2.27. The maximum absolute atomic E-state index is 9.85. The Morgan fingerprint density at radius 2 is 2.22 bits per heavy atom. The van der Waals surface area contributed by atoms with Crippen molar-refractivity contribution in [2.45, 2.75) is 19.4 Å². The van der Waals surface area contributed by atoms with Crippen LogP contribution in [-0.2, 0) is 0 Å². The minimum absolute atomic E-state index is 0.497. The van der Waals surface area contributed by atoms with Crippen LogP contribution in [0, 0.1) is 11.3 Å². The number of anilines is 1. The average Bonchev–Trinajstić information content (AvgIpc) is 2.66. The van der Waals surface area contributed by atoms with E-state index in [2.05, 4.69) is 11.0 Å². The molecule has 18 heavy (non-hydrogen) atoms. The summed E-state index contributed by atoms with van der Waals surface area (Å²) in [6.45, 7) is 3.76. The Morgan fingerprint density at radius 3 is 2.94 bits per heavy atom. The van der Waals surface area contributed by atoms with E-state index in [9.17, 15) is 5.11 Å². The molecule has 4 heteroatoms. The van der Waals surface area contributed by atoms with Crippen molar-refractivity contribution in [2.24, 2.45) is 0 Å². The summed E-state index contributed by atoms with van der Waals surface area (Å²) in [5, 5.41) is 18.9. The molecule has 0 saturated carbocycles. The van der Waals surface area contributed by atoms with Gasteiger partial charge in [-0.3, -0.25) is 0 Å². The third-order valence-electron chi connectivity index (χ3n) is 3.17. The molecule has 1 aliphatic heterocycles. The highest BCUT2D eigenvalue weighted by atomic mass is 32.2. The first-order valence-corrected chi connectivity index (χ1v) is 7.42. The minimum atomic E-state index is -0.497. The van der Waals surface area contributed by atoms with Gasteiger partial charge in [-0.1, -0.05) is 6.07 Å². The van der Waals surface area contributed by atoms with Gasteiger partial charge in [0, 0.05) is 30.1 Å². The summed E-state index contributed by atoms with van der Waals surface area (Å²) in [4.78, 5) is 2.29. The van der Waals surface area contributed by atoms with Crippen LogP contribution >= 0.6 is 11.8 Å². The molecule has 0 aromatic heterocycles. The molecular weight excluding hydrogens is 244 g/mol. The fourth-order valence-electron chi connectivity index (χ4n) is 2.23. The number of nitrogens with zero attached hydrogens (tertiary/aromatic N) is 2. The molecule has 0 radical (unpaired) electrons. The quantitative estimate of drug-likeness (QED) is 0.890. The Labute approximate surface area is 112 Å². The van der Waals surface area contributed by atoms with E-state index < -0.39 is 6.10 Å². The van der Waals surface area contributed by atoms with Gasteiger partial charge in [-0.15, -0.1) is 0 Å². The number of hydrogen-bond acceptors (Lipinski definition) is 4. The van der Waals surface area contributed by atoms with Gasteiger partial charge in [-0.05, 0) is 31.2 Å². The van der Waals surface area contributed by atoms with Gasteiger partial charge in [0.25, 0.3) is 0 Å². The lowest BCUT2D eigenvalue weighted by atomic mass is 10.0. The summed E-state index contributed by atoms with van der Waals surface area (Å²) in [7, 11) is 0. The summed E-state index contributed by atoms with van der Waals surface area (Å²) in [6.07, 6.45) is 0.657. The molecule has 96 valence electrons. The van der Waals surface area contributed by atoms with Crippen molar-refractivity contribution in [2.75, 3.05) is 29.5 Å². The van der Waals surface area contributed by atoms with Crippen LogP contribution in [0.25, 0.3) is 0 Å². The van der Waals surface area contributed by atoms with Crippen molar-refractivity contribution < 1.29 is 5.11 Å². The van der Waals surface area contributed by atoms with Gasteiger partial charge in [0.2, 0.25) is 0 Å². The summed E-state index contributed by atoms with van der Waals surface area (Å²) < 4.78 is 0. The number of aliphatic hydroxyl groups excluding tert-OH is 1. The first kappa shape index (κ1) is 13.3. The van der Waals surface area contributed by atoms with Crippen molar-refractivity contribution in [3.8, 4) is 6.07 Å². The van der Waals surface area contributed by atoms with Gasteiger partial charge in [-0.25, -0.2) is 0 Å². The van der Waals surface area contributed by atoms with E-state index in [1.165, 1.54) is 5.75 Å². The molecule has 1 aromatic carbocycles. The van der Waals surface area contributed by atoms with Gasteiger partial charge in [0.1, 0.15) is 0 Å². The number of benzene rings is 1. The molecule has 0 aliphatic carbocycles. The minimum Gasteiger partial charge on any atom is -0.389 e. The Kier molecular flexibility index (Phi) is 4.51. The van der Waals surface area contributed by atoms with Crippen LogP contribution in [0.4, 0.5) is 5.69 Å². The zero-order chi connectivity index (χ0) is 13.0. The summed E-state index contributed by atoms with van der Waals surface area (Å²) in [5.41, 5.74) is 2.60. The summed E-state index contributed by atoms with van der Waals surface area (Å²) in [5.74, 6) is 2.30. The highest BCUT2D eigenvalue weighted by Crippen LogP contribution is 2.29. The summed E-state index contributed by atoms with van der Waals surface area (Å²) >= 11 is 1.97. The molecule has 1 N–H and O–H groups in total.